The predicted octanol–water partition coefficient (Wildman–Crippen LogP) is 4.73. The lowest BCUT2D eigenvalue weighted by Gasteiger charge is -2.09. The molecule has 0 aliphatic rings. The molecular weight excluding hydrogens is 412 g/mol. The van der Waals surface area contributed by atoms with Crippen LogP contribution in [0.25, 0.3) is 0 Å². The minimum absolute atomic E-state index is 0.0329. The van der Waals surface area contributed by atoms with Crippen LogP contribution in [0.5, 0.6) is 11.5 Å². The third-order valence-corrected chi connectivity index (χ3v) is 4.38. The second-order valence-corrected chi connectivity index (χ2v) is 5.86. The molecule has 22 heavy (non-hydrogen) atoms. The lowest BCUT2D eigenvalue weighted by Crippen LogP contribution is -2.01. The molecule has 3 nitrogen and oxygen atoms in total. The number of hydrogen-bond donors (Lipinski definition) is 0. The van der Waals surface area contributed by atoms with Crippen LogP contribution in [0.3, 0.4) is 0 Å². The summed E-state index contributed by atoms with van der Waals surface area (Å²) < 4.78 is 5.73. The fraction of sp³-hybridized carbons (Fsp3) is 0.176. The third kappa shape index (κ3) is 4.27. The van der Waals surface area contributed by atoms with Crippen molar-refractivity contribution in [2.45, 2.75) is 5.92 Å². The molecule has 0 N–H and O–H groups in total. The van der Waals surface area contributed by atoms with Crippen LogP contribution in [0.1, 0.15) is 21.8 Å². The van der Waals surface area contributed by atoms with E-state index >= 15 is 0 Å². The quantitative estimate of drug-likeness (QED) is 0.365. The highest BCUT2D eigenvalue weighted by Gasteiger charge is 2.09. The number of benzene rings is 2. The van der Waals surface area contributed by atoms with Crippen LogP contribution in [-0.2, 0) is 4.79 Å². The van der Waals surface area contributed by atoms with E-state index in [1.807, 2.05) is 24.3 Å². The largest absolute Gasteiger partial charge is 0.457 e. The molecule has 0 heterocycles. The van der Waals surface area contributed by atoms with E-state index in [0.717, 1.165) is 11.8 Å². The Morgan fingerprint density at radius 1 is 1.00 bits per heavy atom. The predicted molar refractivity (Wildman–Crippen MR) is 93.7 cm³/mol. The van der Waals surface area contributed by atoms with E-state index in [1.165, 1.54) is 0 Å². The average Bonchev–Trinajstić information content (AvgIpc) is 2.57. The Morgan fingerprint density at radius 2 is 1.55 bits per heavy atom. The van der Waals surface area contributed by atoms with Crippen LogP contribution in [-0.4, -0.2) is 22.7 Å². The molecule has 0 saturated carbocycles. The molecule has 2 aromatic carbocycles. The molecule has 114 valence electrons. The maximum atomic E-state index is 11.5. The lowest BCUT2D eigenvalue weighted by atomic mass is 10.0. The topological polar surface area (TPSA) is 43.4 Å². The normalized spacial score (nSPS) is 11.7. The molecule has 0 aliphatic heterocycles. The Bertz CT molecular complexity index is 636. The van der Waals surface area contributed by atoms with Crippen molar-refractivity contribution in [1.82, 2.24) is 0 Å². The number of carbonyl (C=O) groups excluding carboxylic acids is 2. The van der Waals surface area contributed by atoms with Gasteiger partial charge in [-0.05, 0) is 42.0 Å². The zero-order chi connectivity index (χ0) is 15.9. The Morgan fingerprint density at radius 3 is 2.00 bits per heavy atom. The number of ketones is 1. The SMILES string of the molecule is O=CC(CBr)c1ccc(Oc2ccc(C(=O)CBr)cc2)cc1. The van der Waals surface area contributed by atoms with Gasteiger partial charge in [-0.1, -0.05) is 44.0 Å². The van der Waals surface area contributed by atoms with Crippen LogP contribution in [0.4, 0.5) is 0 Å². The van der Waals surface area contributed by atoms with Gasteiger partial charge in [0.15, 0.2) is 5.78 Å². The standard InChI is InChI=1S/C17H14Br2O3/c18-9-14(11-20)12-1-5-15(6-2-12)22-16-7-3-13(4-8-16)17(21)10-19/h1-8,11,14H,9-10H2. The van der Waals surface area contributed by atoms with Crippen molar-refractivity contribution in [3.8, 4) is 11.5 Å². The maximum Gasteiger partial charge on any atom is 0.173 e. The molecule has 1 unspecified atom stereocenters. The maximum absolute atomic E-state index is 11.5. The van der Waals surface area contributed by atoms with Crippen LogP contribution in [0, 0.1) is 0 Å². The molecule has 2 rings (SSSR count). The molecule has 5 heteroatoms. The summed E-state index contributed by atoms with van der Waals surface area (Å²) in [6.07, 6.45) is 0.921. The minimum Gasteiger partial charge on any atom is -0.457 e. The number of alkyl halides is 2. The van der Waals surface area contributed by atoms with E-state index in [2.05, 4.69) is 31.9 Å². The summed E-state index contributed by atoms with van der Waals surface area (Å²) in [6, 6.07) is 14.4. The molecule has 0 radical (unpaired) electrons. The van der Waals surface area contributed by atoms with Gasteiger partial charge >= 0.3 is 0 Å². The Hall–Kier alpha value is -1.46. The van der Waals surface area contributed by atoms with E-state index in [-0.39, 0.29) is 11.7 Å². The summed E-state index contributed by atoms with van der Waals surface area (Å²) in [7, 11) is 0. The molecule has 0 aliphatic carbocycles. The number of Topliss-reactive ketones (excluding diaryl/α,β-unsaturated/α-hetero) is 1. The molecule has 0 spiro atoms. The van der Waals surface area contributed by atoms with Crippen LogP contribution in [0.15, 0.2) is 48.5 Å². The average molecular weight is 426 g/mol. The summed E-state index contributed by atoms with van der Waals surface area (Å²) in [4.78, 5) is 22.5. The monoisotopic (exact) mass is 424 g/mol. The summed E-state index contributed by atoms with van der Waals surface area (Å²) in [5, 5.41) is 0.903. The smallest absolute Gasteiger partial charge is 0.173 e. The van der Waals surface area contributed by atoms with E-state index in [9.17, 15) is 9.59 Å². The summed E-state index contributed by atoms with van der Waals surface area (Å²) in [5.74, 6) is 1.23. The number of carbonyl (C=O) groups is 2. The van der Waals surface area contributed by atoms with Crippen molar-refractivity contribution in [1.29, 1.82) is 0 Å². The van der Waals surface area contributed by atoms with Gasteiger partial charge in [-0.15, -0.1) is 0 Å². The summed E-state index contributed by atoms with van der Waals surface area (Å²) >= 11 is 6.46. The molecule has 0 bridgehead atoms. The van der Waals surface area contributed by atoms with Crippen LogP contribution in [0.2, 0.25) is 0 Å². The third-order valence-electron chi connectivity index (χ3n) is 3.17. The first-order chi connectivity index (χ1) is 10.7. The highest BCUT2D eigenvalue weighted by molar-refractivity contribution is 9.09. The van der Waals surface area contributed by atoms with E-state index in [4.69, 9.17) is 4.74 Å². The van der Waals surface area contributed by atoms with Gasteiger partial charge in [0, 0.05) is 16.8 Å². The van der Waals surface area contributed by atoms with Crippen molar-refractivity contribution in [3.63, 3.8) is 0 Å². The second kappa shape index (κ2) is 8.25. The zero-order valence-electron chi connectivity index (χ0n) is 11.7. The number of rotatable bonds is 7. The fourth-order valence-electron chi connectivity index (χ4n) is 1.91. The van der Waals surface area contributed by atoms with Crippen molar-refractivity contribution in [2.24, 2.45) is 0 Å². The summed E-state index contributed by atoms with van der Waals surface area (Å²) in [5.41, 5.74) is 1.59. The van der Waals surface area contributed by atoms with E-state index in [1.54, 1.807) is 24.3 Å². The van der Waals surface area contributed by atoms with Crippen molar-refractivity contribution in [2.75, 3.05) is 10.7 Å². The lowest BCUT2D eigenvalue weighted by molar-refractivity contribution is -0.108. The first-order valence-electron chi connectivity index (χ1n) is 6.66. The van der Waals surface area contributed by atoms with Crippen molar-refractivity contribution in [3.05, 3.63) is 59.7 Å². The van der Waals surface area contributed by atoms with Crippen LogP contribution < -0.4 is 4.74 Å². The zero-order valence-corrected chi connectivity index (χ0v) is 14.8. The Balaban J connectivity index is 2.07. The first kappa shape index (κ1) is 16.9. The molecule has 0 saturated heterocycles. The number of aldehydes is 1. The highest BCUT2D eigenvalue weighted by Crippen LogP contribution is 2.24. The molecule has 2 aromatic rings. The molecule has 1 atom stereocenters. The molecule has 0 fully saturated rings. The molecular formula is C17H14Br2O3. The summed E-state index contributed by atoms with van der Waals surface area (Å²) in [6.45, 7) is 0. The van der Waals surface area contributed by atoms with E-state index < -0.39 is 0 Å². The van der Waals surface area contributed by atoms with Crippen LogP contribution >= 0.6 is 31.9 Å². The van der Waals surface area contributed by atoms with Crippen molar-refractivity contribution >= 4 is 43.9 Å². The van der Waals surface area contributed by atoms with Gasteiger partial charge in [-0.3, -0.25) is 4.79 Å². The van der Waals surface area contributed by atoms with Gasteiger partial charge in [-0.25, -0.2) is 0 Å². The minimum atomic E-state index is -0.149. The van der Waals surface area contributed by atoms with Gasteiger partial charge < -0.3 is 9.53 Å². The first-order valence-corrected chi connectivity index (χ1v) is 8.90. The fourth-order valence-corrected chi connectivity index (χ4v) is 2.76. The highest BCUT2D eigenvalue weighted by atomic mass is 79.9. The van der Waals surface area contributed by atoms with Crippen molar-refractivity contribution < 1.29 is 14.3 Å². The van der Waals surface area contributed by atoms with Gasteiger partial charge in [-0.2, -0.15) is 0 Å². The van der Waals surface area contributed by atoms with Gasteiger partial charge in [0.1, 0.15) is 17.8 Å². The van der Waals surface area contributed by atoms with Gasteiger partial charge in [0.05, 0.1) is 5.33 Å². The Kier molecular flexibility index (Phi) is 6.34. The number of ether oxygens (including phenoxy) is 1. The second-order valence-electron chi connectivity index (χ2n) is 4.65. The van der Waals surface area contributed by atoms with Gasteiger partial charge in [0.2, 0.25) is 0 Å². The molecule has 0 amide bonds. The Labute approximate surface area is 145 Å². The number of hydrogen-bond acceptors (Lipinski definition) is 3. The molecule has 0 aromatic heterocycles. The number of halogens is 2. The van der Waals surface area contributed by atoms with E-state index in [0.29, 0.717) is 27.7 Å². The van der Waals surface area contributed by atoms with Gasteiger partial charge in [0.25, 0.3) is 0 Å².